The number of nitrogens with zero attached hydrogens (tertiary/aromatic N) is 5. The van der Waals surface area contributed by atoms with E-state index in [4.69, 9.17) is 17.3 Å². The molecule has 3 atom stereocenters. The third kappa shape index (κ3) is 5.80. The van der Waals surface area contributed by atoms with E-state index in [9.17, 15) is 9.59 Å². The minimum Gasteiger partial charge on any atom is -0.368 e. The second-order valence-corrected chi connectivity index (χ2v) is 9.92. The number of likely N-dealkylation sites (tertiary alicyclic amines) is 1. The fourth-order valence-electron chi connectivity index (χ4n) is 5.26. The van der Waals surface area contributed by atoms with Crippen LogP contribution in [0.25, 0.3) is 16.5 Å². The third-order valence-electron chi connectivity index (χ3n) is 7.11. The van der Waals surface area contributed by atoms with Crippen LogP contribution < -0.4 is 11.1 Å². The van der Waals surface area contributed by atoms with Crippen molar-refractivity contribution in [2.75, 3.05) is 6.54 Å². The van der Waals surface area contributed by atoms with E-state index in [1.165, 1.54) is 27.3 Å². The topological polar surface area (TPSA) is 119 Å². The number of hydrogen-bond acceptors (Lipinski definition) is 6. The molecule has 0 bridgehead atoms. The molecule has 1 aromatic heterocycles. The number of benzene rings is 3. The molecule has 2 heterocycles. The highest BCUT2D eigenvalue weighted by molar-refractivity contribution is 6.30. The van der Waals surface area contributed by atoms with Crippen molar-refractivity contribution in [3.8, 4) is 5.69 Å². The Morgan fingerprint density at radius 3 is 2.68 bits per heavy atom. The van der Waals surface area contributed by atoms with E-state index in [1.54, 1.807) is 18.2 Å². The monoisotopic (exact) mass is 553 g/mol. The molecule has 1 aliphatic heterocycles. The van der Waals surface area contributed by atoms with E-state index in [0.717, 1.165) is 12.0 Å². The molecule has 4 aromatic rings. The third-order valence-corrected chi connectivity index (χ3v) is 7.35. The Morgan fingerprint density at radius 2 is 1.92 bits per heavy atom. The minimum atomic E-state index is -0.536. The summed E-state index contributed by atoms with van der Waals surface area (Å²) in [7, 11) is 0. The molecule has 1 saturated heterocycles. The van der Waals surface area contributed by atoms with E-state index >= 15 is 0 Å². The van der Waals surface area contributed by atoms with Gasteiger partial charge >= 0.3 is 0 Å². The number of hydrogen-bond donors (Lipinski definition) is 2. The molecule has 0 aliphatic carbocycles. The van der Waals surface area contributed by atoms with Crippen molar-refractivity contribution in [1.82, 2.24) is 30.4 Å². The highest BCUT2D eigenvalue weighted by Crippen LogP contribution is 2.30. The zero-order chi connectivity index (χ0) is 25.9. The number of carbonyl (C=O) groups is 2. The Morgan fingerprint density at radius 1 is 1.13 bits per heavy atom. The maximum Gasteiger partial charge on any atom is 0.237 e. The molecule has 1 aliphatic rings. The number of tetrazole rings is 1. The molecule has 11 heteroatoms. The first-order valence-electron chi connectivity index (χ1n) is 12.2. The van der Waals surface area contributed by atoms with E-state index < -0.39 is 18.0 Å². The molecule has 38 heavy (non-hydrogen) atoms. The molecule has 198 valence electrons. The molecule has 2 unspecified atom stereocenters. The molecular formula is C27H29Cl2N7O2. The normalized spacial score (nSPS) is 18.2. The van der Waals surface area contributed by atoms with Crippen molar-refractivity contribution in [2.45, 2.75) is 38.4 Å². The van der Waals surface area contributed by atoms with Crippen LogP contribution in [-0.2, 0) is 22.6 Å². The molecule has 5 rings (SSSR count). The van der Waals surface area contributed by atoms with Crippen molar-refractivity contribution in [3.63, 3.8) is 0 Å². The number of nitrogens with one attached hydrogen (secondary N) is 1. The number of fused-ring (bicyclic) bond motifs is 1. The molecule has 3 aromatic carbocycles. The van der Waals surface area contributed by atoms with Crippen LogP contribution in [0.15, 0.2) is 67.0 Å². The SMILES string of the molecule is C[C@@H](C(=O)NCc1cc(Cl)ccc1-n1cnnn1)N1CC(Cc2cccc3ccccc23)CC1C(N)=O.Cl. The van der Waals surface area contributed by atoms with Gasteiger partial charge in [0.2, 0.25) is 11.8 Å². The van der Waals surface area contributed by atoms with Crippen LogP contribution in [0.1, 0.15) is 24.5 Å². The molecule has 9 nitrogen and oxygen atoms in total. The Kier molecular flexibility index (Phi) is 8.61. The highest BCUT2D eigenvalue weighted by Gasteiger charge is 2.40. The first kappa shape index (κ1) is 27.5. The van der Waals surface area contributed by atoms with Gasteiger partial charge in [-0.2, -0.15) is 0 Å². The lowest BCUT2D eigenvalue weighted by Crippen LogP contribution is -2.51. The average Bonchev–Trinajstić information content (AvgIpc) is 3.58. The van der Waals surface area contributed by atoms with Gasteiger partial charge < -0.3 is 11.1 Å². The predicted octanol–water partition coefficient (Wildman–Crippen LogP) is 3.31. The van der Waals surface area contributed by atoms with Crippen LogP contribution in [0.4, 0.5) is 0 Å². The largest absolute Gasteiger partial charge is 0.368 e. The maximum absolute atomic E-state index is 13.2. The Bertz CT molecular complexity index is 1420. The predicted molar refractivity (Wildman–Crippen MR) is 148 cm³/mol. The lowest BCUT2D eigenvalue weighted by Gasteiger charge is -2.28. The van der Waals surface area contributed by atoms with Crippen molar-refractivity contribution < 1.29 is 9.59 Å². The quantitative estimate of drug-likeness (QED) is 0.345. The smallest absolute Gasteiger partial charge is 0.237 e. The molecule has 0 saturated carbocycles. The standard InChI is InChI=1S/C27H28ClN7O2.ClH/c1-17(27(37)30-14-21-13-22(28)9-10-24(21)35-16-31-32-33-35)34-15-18(12-25(34)26(29)36)11-20-7-4-6-19-5-2-3-8-23(19)20;/h2-10,13,16-18,25H,11-12,14-15H2,1H3,(H2,29,36)(H,30,37);1H/t17-,18?,25?;/m0./s1. The van der Waals surface area contributed by atoms with Gasteiger partial charge in [0, 0.05) is 18.1 Å². The maximum atomic E-state index is 13.2. The van der Waals surface area contributed by atoms with Crippen molar-refractivity contribution in [3.05, 3.63) is 83.1 Å². The Balaban J connectivity index is 0.00000336. The van der Waals surface area contributed by atoms with Crippen LogP contribution in [0.2, 0.25) is 5.02 Å². The number of carbonyl (C=O) groups excluding carboxylic acids is 2. The lowest BCUT2D eigenvalue weighted by molar-refractivity contribution is -0.129. The molecular weight excluding hydrogens is 525 g/mol. The van der Waals surface area contributed by atoms with Crippen molar-refractivity contribution in [1.29, 1.82) is 0 Å². The first-order valence-corrected chi connectivity index (χ1v) is 12.6. The number of nitrogens with two attached hydrogens (primary N) is 1. The van der Waals surface area contributed by atoms with Gasteiger partial charge in [-0.25, -0.2) is 4.68 Å². The second-order valence-electron chi connectivity index (χ2n) is 9.48. The van der Waals surface area contributed by atoms with Gasteiger partial charge in [-0.15, -0.1) is 17.5 Å². The van der Waals surface area contributed by atoms with Crippen LogP contribution in [0.5, 0.6) is 0 Å². The molecule has 0 radical (unpaired) electrons. The van der Waals surface area contributed by atoms with E-state index in [0.29, 0.717) is 23.7 Å². The lowest BCUT2D eigenvalue weighted by atomic mass is 9.93. The Labute approximate surface area is 231 Å². The van der Waals surface area contributed by atoms with E-state index in [-0.39, 0.29) is 30.8 Å². The fraction of sp³-hybridized carbons (Fsp3) is 0.296. The van der Waals surface area contributed by atoms with Gasteiger partial charge in [0.05, 0.1) is 17.8 Å². The summed E-state index contributed by atoms with van der Waals surface area (Å²) in [5, 5.41) is 17.2. The fourth-order valence-corrected chi connectivity index (χ4v) is 5.45. The van der Waals surface area contributed by atoms with Gasteiger partial charge in [-0.05, 0) is 76.2 Å². The van der Waals surface area contributed by atoms with E-state index in [2.05, 4.69) is 51.2 Å². The summed E-state index contributed by atoms with van der Waals surface area (Å²) in [5.74, 6) is -0.395. The summed E-state index contributed by atoms with van der Waals surface area (Å²) in [5.41, 5.74) is 8.50. The minimum absolute atomic E-state index is 0. The summed E-state index contributed by atoms with van der Waals surface area (Å²) >= 11 is 6.20. The molecule has 1 fully saturated rings. The van der Waals surface area contributed by atoms with Crippen LogP contribution in [0, 0.1) is 5.92 Å². The molecule has 0 spiro atoms. The second kappa shape index (κ2) is 11.9. The van der Waals surface area contributed by atoms with Crippen LogP contribution in [0.3, 0.4) is 0 Å². The van der Waals surface area contributed by atoms with Gasteiger partial charge in [0.1, 0.15) is 6.33 Å². The summed E-state index contributed by atoms with van der Waals surface area (Å²) < 4.78 is 1.52. The number of aromatic nitrogens is 4. The zero-order valence-corrected chi connectivity index (χ0v) is 22.4. The van der Waals surface area contributed by atoms with Crippen molar-refractivity contribution >= 4 is 46.6 Å². The van der Waals surface area contributed by atoms with Crippen LogP contribution >= 0.6 is 24.0 Å². The summed E-state index contributed by atoms with van der Waals surface area (Å²) in [6.45, 7) is 2.65. The molecule has 2 amide bonds. The first-order chi connectivity index (χ1) is 17.9. The number of primary amides is 1. The van der Waals surface area contributed by atoms with Gasteiger partial charge in [0.15, 0.2) is 0 Å². The summed E-state index contributed by atoms with van der Waals surface area (Å²) in [6, 6.07) is 18.9. The highest BCUT2D eigenvalue weighted by atomic mass is 35.5. The van der Waals surface area contributed by atoms with Gasteiger partial charge in [-0.3, -0.25) is 14.5 Å². The summed E-state index contributed by atoms with van der Waals surface area (Å²) in [4.78, 5) is 27.5. The number of halogens is 2. The molecule has 3 N–H and O–H groups in total. The van der Waals surface area contributed by atoms with Crippen LogP contribution in [-0.4, -0.2) is 55.5 Å². The van der Waals surface area contributed by atoms with Crippen molar-refractivity contribution in [2.24, 2.45) is 11.7 Å². The van der Waals surface area contributed by atoms with Gasteiger partial charge in [-0.1, -0.05) is 54.1 Å². The average molecular weight is 554 g/mol. The van der Waals surface area contributed by atoms with E-state index in [1.807, 2.05) is 24.0 Å². The zero-order valence-electron chi connectivity index (χ0n) is 20.8. The number of rotatable bonds is 8. The summed E-state index contributed by atoms with van der Waals surface area (Å²) in [6.07, 6.45) is 2.91. The number of amides is 2. The Hall–Kier alpha value is -3.53. The van der Waals surface area contributed by atoms with Gasteiger partial charge in [0.25, 0.3) is 0 Å².